The normalized spacial score (nSPS) is 16.5. The molecule has 5 nitrogen and oxygen atoms in total. The van der Waals surface area contributed by atoms with Crippen LogP contribution in [0.2, 0.25) is 0 Å². The third kappa shape index (κ3) is 6.22. The Morgan fingerprint density at radius 1 is 1.33 bits per heavy atom. The first-order chi connectivity index (χ1) is 11.6. The standard InChI is InChI=1S/C19H30N4O/c1-14(2)11-15(3)24-18-12-16(9-10-21-18)13-22-19(20-4)23-17-7-5-6-8-17/h5-6,9-10,12,14-15,17H,7-8,11,13H2,1-4H3,(H2,20,22,23). The molecule has 1 aliphatic rings. The van der Waals surface area contributed by atoms with E-state index in [1.165, 1.54) is 0 Å². The lowest BCUT2D eigenvalue weighted by molar-refractivity contribution is 0.185. The molecule has 1 heterocycles. The topological polar surface area (TPSA) is 58.5 Å². The SMILES string of the molecule is CN=C(NCc1ccnc(OC(C)CC(C)C)c1)NC1CC=CC1. The van der Waals surface area contributed by atoms with Crippen molar-refractivity contribution in [2.24, 2.45) is 10.9 Å². The lowest BCUT2D eigenvalue weighted by Gasteiger charge is -2.18. The van der Waals surface area contributed by atoms with Crippen LogP contribution in [0.4, 0.5) is 0 Å². The van der Waals surface area contributed by atoms with Gasteiger partial charge in [-0.1, -0.05) is 26.0 Å². The number of pyridine rings is 1. The fourth-order valence-electron chi connectivity index (χ4n) is 2.85. The van der Waals surface area contributed by atoms with Gasteiger partial charge in [-0.2, -0.15) is 0 Å². The number of rotatable bonds is 7. The van der Waals surface area contributed by atoms with E-state index in [0.29, 0.717) is 24.4 Å². The van der Waals surface area contributed by atoms with Gasteiger partial charge in [-0.3, -0.25) is 4.99 Å². The van der Waals surface area contributed by atoms with Crippen molar-refractivity contribution >= 4 is 5.96 Å². The highest BCUT2D eigenvalue weighted by molar-refractivity contribution is 5.80. The van der Waals surface area contributed by atoms with E-state index in [0.717, 1.165) is 30.8 Å². The number of nitrogens with one attached hydrogen (secondary N) is 2. The summed E-state index contributed by atoms with van der Waals surface area (Å²) in [6.45, 7) is 7.18. The van der Waals surface area contributed by atoms with Gasteiger partial charge in [0.25, 0.3) is 0 Å². The maximum Gasteiger partial charge on any atom is 0.213 e. The van der Waals surface area contributed by atoms with E-state index < -0.39 is 0 Å². The lowest BCUT2D eigenvalue weighted by atomic mass is 10.1. The molecule has 0 saturated carbocycles. The Kier molecular flexibility index (Phi) is 7.09. The number of hydrogen-bond acceptors (Lipinski definition) is 3. The fraction of sp³-hybridized carbons (Fsp3) is 0.579. The molecular weight excluding hydrogens is 300 g/mol. The van der Waals surface area contributed by atoms with Crippen molar-refractivity contribution < 1.29 is 4.74 Å². The Bertz CT molecular complexity index is 560. The van der Waals surface area contributed by atoms with Gasteiger partial charge in [0.2, 0.25) is 5.88 Å². The molecular formula is C19H30N4O. The molecule has 0 spiro atoms. The molecule has 24 heavy (non-hydrogen) atoms. The average molecular weight is 330 g/mol. The largest absolute Gasteiger partial charge is 0.475 e. The molecule has 0 radical (unpaired) electrons. The van der Waals surface area contributed by atoms with E-state index in [-0.39, 0.29) is 6.10 Å². The summed E-state index contributed by atoms with van der Waals surface area (Å²) in [5.74, 6) is 2.13. The molecule has 0 aromatic carbocycles. The van der Waals surface area contributed by atoms with Gasteiger partial charge in [-0.15, -0.1) is 0 Å². The zero-order chi connectivity index (χ0) is 17.4. The number of nitrogens with zero attached hydrogens (tertiary/aromatic N) is 2. The van der Waals surface area contributed by atoms with Crippen molar-refractivity contribution in [3.8, 4) is 5.88 Å². The fourth-order valence-corrected chi connectivity index (χ4v) is 2.85. The smallest absolute Gasteiger partial charge is 0.213 e. The highest BCUT2D eigenvalue weighted by atomic mass is 16.5. The summed E-state index contributed by atoms with van der Waals surface area (Å²) < 4.78 is 5.91. The van der Waals surface area contributed by atoms with Crippen LogP contribution in [0.1, 0.15) is 45.6 Å². The predicted molar refractivity (Wildman–Crippen MR) is 99.3 cm³/mol. The molecule has 1 aromatic heterocycles. The van der Waals surface area contributed by atoms with Crippen LogP contribution in [-0.4, -0.2) is 30.1 Å². The van der Waals surface area contributed by atoms with Crippen LogP contribution in [0.5, 0.6) is 5.88 Å². The molecule has 1 atom stereocenters. The second kappa shape index (κ2) is 9.30. The summed E-state index contributed by atoms with van der Waals surface area (Å²) >= 11 is 0. The monoisotopic (exact) mass is 330 g/mol. The number of hydrogen-bond donors (Lipinski definition) is 2. The van der Waals surface area contributed by atoms with Crippen LogP contribution in [-0.2, 0) is 6.54 Å². The molecule has 0 bridgehead atoms. The van der Waals surface area contributed by atoms with E-state index in [1.54, 1.807) is 13.2 Å². The third-order valence-electron chi connectivity index (χ3n) is 3.96. The summed E-state index contributed by atoms with van der Waals surface area (Å²) in [5, 5.41) is 6.79. The third-order valence-corrected chi connectivity index (χ3v) is 3.96. The Balaban J connectivity index is 1.84. The van der Waals surface area contributed by atoms with Crippen molar-refractivity contribution in [1.29, 1.82) is 0 Å². The van der Waals surface area contributed by atoms with Gasteiger partial charge in [0.15, 0.2) is 5.96 Å². The first kappa shape index (κ1) is 18.3. The van der Waals surface area contributed by atoms with Crippen molar-refractivity contribution in [2.75, 3.05) is 7.05 Å². The van der Waals surface area contributed by atoms with Crippen molar-refractivity contribution in [3.05, 3.63) is 36.0 Å². The van der Waals surface area contributed by atoms with Gasteiger partial charge < -0.3 is 15.4 Å². The number of aromatic nitrogens is 1. The average Bonchev–Trinajstić information content (AvgIpc) is 3.04. The predicted octanol–water partition coefficient (Wildman–Crippen LogP) is 3.28. The Hall–Kier alpha value is -2.04. The van der Waals surface area contributed by atoms with Gasteiger partial charge in [0.1, 0.15) is 0 Å². The zero-order valence-corrected chi connectivity index (χ0v) is 15.2. The van der Waals surface area contributed by atoms with E-state index in [9.17, 15) is 0 Å². The van der Waals surface area contributed by atoms with Gasteiger partial charge in [-0.05, 0) is 43.7 Å². The Morgan fingerprint density at radius 2 is 2.08 bits per heavy atom. The first-order valence-electron chi connectivity index (χ1n) is 8.80. The van der Waals surface area contributed by atoms with Gasteiger partial charge in [-0.25, -0.2) is 4.98 Å². The molecule has 0 aliphatic heterocycles. The summed E-state index contributed by atoms with van der Waals surface area (Å²) in [4.78, 5) is 8.60. The molecule has 2 N–H and O–H groups in total. The summed E-state index contributed by atoms with van der Waals surface area (Å²) in [6.07, 6.45) is 9.52. The maximum absolute atomic E-state index is 5.91. The summed E-state index contributed by atoms with van der Waals surface area (Å²) in [6, 6.07) is 4.44. The van der Waals surface area contributed by atoms with Crippen molar-refractivity contribution in [1.82, 2.24) is 15.6 Å². The van der Waals surface area contributed by atoms with Crippen molar-refractivity contribution in [2.45, 2.75) is 58.7 Å². The molecule has 1 aromatic rings. The minimum absolute atomic E-state index is 0.171. The van der Waals surface area contributed by atoms with Crippen LogP contribution in [0.3, 0.4) is 0 Å². The molecule has 1 aliphatic carbocycles. The molecule has 0 saturated heterocycles. The molecule has 132 valence electrons. The van der Waals surface area contributed by atoms with Gasteiger partial charge in [0, 0.05) is 31.9 Å². The summed E-state index contributed by atoms with van der Waals surface area (Å²) in [5.41, 5.74) is 1.13. The molecule has 0 amide bonds. The summed E-state index contributed by atoms with van der Waals surface area (Å²) in [7, 11) is 1.80. The van der Waals surface area contributed by atoms with Gasteiger partial charge >= 0.3 is 0 Å². The van der Waals surface area contributed by atoms with E-state index >= 15 is 0 Å². The second-order valence-corrected chi connectivity index (χ2v) is 6.77. The zero-order valence-electron chi connectivity index (χ0n) is 15.2. The lowest BCUT2D eigenvalue weighted by Crippen LogP contribution is -2.42. The molecule has 0 fully saturated rings. The Morgan fingerprint density at radius 3 is 2.75 bits per heavy atom. The quantitative estimate of drug-likeness (QED) is 0.458. The molecule has 1 unspecified atom stereocenters. The number of guanidine groups is 1. The number of aliphatic imine (C=N–C) groups is 1. The van der Waals surface area contributed by atoms with Crippen LogP contribution in [0, 0.1) is 5.92 Å². The Labute approximate surface area is 145 Å². The van der Waals surface area contributed by atoms with E-state index in [2.05, 4.69) is 53.5 Å². The molecule has 2 rings (SSSR count). The van der Waals surface area contributed by atoms with Gasteiger partial charge in [0.05, 0.1) is 6.10 Å². The minimum Gasteiger partial charge on any atom is -0.475 e. The minimum atomic E-state index is 0.171. The molecule has 5 heteroatoms. The first-order valence-corrected chi connectivity index (χ1v) is 8.80. The number of ether oxygens (including phenoxy) is 1. The maximum atomic E-state index is 5.91. The van der Waals surface area contributed by atoms with E-state index in [4.69, 9.17) is 4.74 Å². The second-order valence-electron chi connectivity index (χ2n) is 6.77. The van der Waals surface area contributed by atoms with Crippen LogP contribution in [0.25, 0.3) is 0 Å². The highest BCUT2D eigenvalue weighted by Crippen LogP contribution is 2.15. The van der Waals surface area contributed by atoms with Crippen LogP contribution >= 0.6 is 0 Å². The highest BCUT2D eigenvalue weighted by Gasteiger charge is 2.12. The van der Waals surface area contributed by atoms with Crippen molar-refractivity contribution in [3.63, 3.8) is 0 Å². The van der Waals surface area contributed by atoms with E-state index in [1.807, 2.05) is 12.1 Å². The van der Waals surface area contributed by atoms with Crippen LogP contribution in [0.15, 0.2) is 35.5 Å². The van der Waals surface area contributed by atoms with Crippen LogP contribution < -0.4 is 15.4 Å².